The van der Waals surface area contributed by atoms with Gasteiger partial charge in [-0.05, 0) is 61.9 Å². The number of guanidine groups is 1. The molecule has 1 saturated carbocycles. The topological polar surface area (TPSA) is 87.2 Å². The molecule has 0 amide bonds. The zero-order chi connectivity index (χ0) is 22.3. The van der Waals surface area contributed by atoms with Crippen LogP contribution in [0.15, 0.2) is 53.8 Å². The number of hydrogen-bond acceptors (Lipinski definition) is 4. The molecule has 9 heteroatoms. The summed E-state index contributed by atoms with van der Waals surface area (Å²) in [7, 11) is 0. The number of ether oxygens (including phenoxy) is 1. The van der Waals surface area contributed by atoms with Gasteiger partial charge >= 0.3 is 0 Å². The molecular weight excluding hydrogens is 534 g/mol. The molecule has 1 aliphatic rings. The summed E-state index contributed by atoms with van der Waals surface area (Å²) in [4.78, 5) is 8.89. The molecular formula is C24H30FIN6O. The van der Waals surface area contributed by atoms with Crippen LogP contribution in [0.2, 0.25) is 0 Å². The van der Waals surface area contributed by atoms with Crippen LogP contribution < -0.4 is 15.4 Å². The Bertz CT molecular complexity index is 1050. The van der Waals surface area contributed by atoms with E-state index in [0.29, 0.717) is 30.8 Å². The highest BCUT2D eigenvalue weighted by Gasteiger charge is 2.22. The molecule has 1 fully saturated rings. The summed E-state index contributed by atoms with van der Waals surface area (Å²) in [6.07, 6.45) is 3.85. The summed E-state index contributed by atoms with van der Waals surface area (Å²) in [6.45, 7) is 5.80. The molecule has 1 unspecified atom stereocenters. The molecule has 176 valence electrons. The van der Waals surface area contributed by atoms with Gasteiger partial charge in [-0.3, -0.25) is 5.10 Å². The fraction of sp³-hybridized carbons (Fsp3) is 0.375. The zero-order valence-electron chi connectivity index (χ0n) is 18.8. The average Bonchev–Trinajstić information content (AvgIpc) is 3.47. The minimum atomic E-state index is -0.331. The molecule has 33 heavy (non-hydrogen) atoms. The second kappa shape index (κ2) is 12.0. The van der Waals surface area contributed by atoms with Crippen LogP contribution in [0.1, 0.15) is 43.9 Å². The fourth-order valence-electron chi connectivity index (χ4n) is 3.34. The predicted molar refractivity (Wildman–Crippen MR) is 138 cm³/mol. The number of nitrogens with zero attached hydrogens (tertiary/aromatic N) is 3. The smallest absolute Gasteiger partial charge is 0.192 e. The lowest BCUT2D eigenvalue weighted by atomic mass is 10.1. The van der Waals surface area contributed by atoms with Gasteiger partial charge in [-0.1, -0.05) is 24.3 Å². The second-order valence-corrected chi connectivity index (χ2v) is 8.04. The predicted octanol–water partition coefficient (Wildman–Crippen LogP) is 4.83. The Morgan fingerprint density at radius 3 is 2.82 bits per heavy atom. The Balaban J connectivity index is 0.00000306. The van der Waals surface area contributed by atoms with Gasteiger partial charge in [0.05, 0.1) is 19.2 Å². The van der Waals surface area contributed by atoms with Gasteiger partial charge < -0.3 is 15.4 Å². The first-order chi connectivity index (χ1) is 15.6. The van der Waals surface area contributed by atoms with E-state index >= 15 is 0 Å². The van der Waals surface area contributed by atoms with E-state index in [1.807, 2.05) is 44.2 Å². The SMILES string of the molecule is CCNC(=NCc1cccc(-c2ncn[nH]2)c1)NC(C)c1ccc(OCC2CC2)c(F)c1.I. The van der Waals surface area contributed by atoms with Crippen molar-refractivity contribution < 1.29 is 9.13 Å². The molecule has 0 spiro atoms. The lowest BCUT2D eigenvalue weighted by Gasteiger charge is -2.19. The highest BCUT2D eigenvalue weighted by atomic mass is 127. The van der Waals surface area contributed by atoms with Crippen LogP contribution in [0.3, 0.4) is 0 Å². The van der Waals surface area contributed by atoms with E-state index in [4.69, 9.17) is 9.73 Å². The molecule has 3 N–H and O–H groups in total. The number of nitrogens with one attached hydrogen (secondary N) is 3. The fourth-order valence-corrected chi connectivity index (χ4v) is 3.34. The van der Waals surface area contributed by atoms with Crippen molar-refractivity contribution >= 4 is 29.9 Å². The maximum Gasteiger partial charge on any atom is 0.192 e. The molecule has 1 aromatic heterocycles. The molecule has 0 aliphatic heterocycles. The Morgan fingerprint density at radius 1 is 1.27 bits per heavy atom. The van der Waals surface area contributed by atoms with Gasteiger partial charge in [0.1, 0.15) is 6.33 Å². The third kappa shape index (κ3) is 7.15. The van der Waals surface area contributed by atoms with Crippen LogP contribution >= 0.6 is 24.0 Å². The number of aromatic nitrogens is 3. The quantitative estimate of drug-likeness (QED) is 0.197. The van der Waals surface area contributed by atoms with Crippen LogP contribution in [-0.2, 0) is 6.54 Å². The molecule has 3 aromatic rings. The Labute approximate surface area is 210 Å². The molecule has 0 saturated heterocycles. The molecule has 2 aromatic carbocycles. The molecule has 1 heterocycles. The van der Waals surface area contributed by atoms with Gasteiger partial charge in [0, 0.05) is 12.1 Å². The van der Waals surface area contributed by atoms with E-state index in [-0.39, 0.29) is 35.8 Å². The van der Waals surface area contributed by atoms with Crippen LogP contribution in [0.5, 0.6) is 5.75 Å². The second-order valence-electron chi connectivity index (χ2n) is 8.04. The van der Waals surface area contributed by atoms with Gasteiger partial charge in [0.25, 0.3) is 0 Å². The van der Waals surface area contributed by atoms with Crippen molar-refractivity contribution in [1.82, 2.24) is 25.8 Å². The lowest BCUT2D eigenvalue weighted by Crippen LogP contribution is -2.38. The lowest BCUT2D eigenvalue weighted by molar-refractivity contribution is 0.285. The molecule has 1 aliphatic carbocycles. The highest BCUT2D eigenvalue weighted by Crippen LogP contribution is 2.30. The van der Waals surface area contributed by atoms with Crippen molar-refractivity contribution in [3.05, 3.63) is 65.7 Å². The van der Waals surface area contributed by atoms with Crippen molar-refractivity contribution in [2.45, 2.75) is 39.3 Å². The van der Waals surface area contributed by atoms with E-state index in [2.05, 4.69) is 25.8 Å². The minimum absolute atomic E-state index is 0. The van der Waals surface area contributed by atoms with E-state index in [0.717, 1.165) is 29.1 Å². The van der Waals surface area contributed by atoms with E-state index in [1.165, 1.54) is 25.2 Å². The van der Waals surface area contributed by atoms with Gasteiger partial charge in [0.15, 0.2) is 23.4 Å². The van der Waals surface area contributed by atoms with Crippen LogP contribution in [0, 0.1) is 11.7 Å². The number of benzene rings is 2. The Morgan fingerprint density at radius 2 is 2.12 bits per heavy atom. The number of aromatic amines is 1. The molecule has 1 atom stereocenters. The van der Waals surface area contributed by atoms with Gasteiger partial charge in [-0.2, -0.15) is 5.10 Å². The van der Waals surface area contributed by atoms with Crippen LogP contribution in [0.25, 0.3) is 11.4 Å². The highest BCUT2D eigenvalue weighted by molar-refractivity contribution is 14.0. The third-order valence-corrected chi connectivity index (χ3v) is 5.36. The standard InChI is InChI=1S/C24H29FN6O.HI/c1-3-26-24(27-13-18-5-4-6-20(11-18)23-28-15-29-31-23)30-16(2)19-9-10-22(21(25)12-19)32-14-17-7-8-17;/h4-6,9-12,15-17H,3,7-8,13-14H2,1-2H3,(H2,26,27,30)(H,28,29,31);1H. The van der Waals surface area contributed by atoms with E-state index in [9.17, 15) is 4.39 Å². The largest absolute Gasteiger partial charge is 0.490 e. The summed E-state index contributed by atoms with van der Waals surface area (Å²) >= 11 is 0. The molecule has 0 bridgehead atoms. The van der Waals surface area contributed by atoms with Crippen molar-refractivity contribution in [2.24, 2.45) is 10.9 Å². The van der Waals surface area contributed by atoms with E-state index in [1.54, 1.807) is 6.07 Å². The van der Waals surface area contributed by atoms with Gasteiger partial charge in [-0.25, -0.2) is 14.4 Å². The summed E-state index contributed by atoms with van der Waals surface area (Å²) < 4.78 is 20.1. The zero-order valence-corrected chi connectivity index (χ0v) is 21.2. The summed E-state index contributed by atoms with van der Waals surface area (Å²) in [5, 5.41) is 13.4. The first-order valence-electron chi connectivity index (χ1n) is 11.0. The number of rotatable bonds is 9. The minimum Gasteiger partial charge on any atom is -0.490 e. The molecule has 4 rings (SSSR count). The molecule has 0 radical (unpaired) electrons. The van der Waals surface area contributed by atoms with Crippen molar-refractivity contribution in [3.8, 4) is 17.1 Å². The third-order valence-electron chi connectivity index (χ3n) is 5.36. The monoisotopic (exact) mass is 564 g/mol. The summed E-state index contributed by atoms with van der Waals surface area (Å²) in [5.41, 5.74) is 2.84. The van der Waals surface area contributed by atoms with Crippen molar-refractivity contribution in [1.29, 1.82) is 0 Å². The first-order valence-corrected chi connectivity index (χ1v) is 11.0. The number of H-pyrrole nitrogens is 1. The van der Waals surface area contributed by atoms with E-state index < -0.39 is 0 Å². The van der Waals surface area contributed by atoms with Gasteiger partial charge in [0.2, 0.25) is 0 Å². The van der Waals surface area contributed by atoms with Crippen LogP contribution in [0.4, 0.5) is 4.39 Å². The summed E-state index contributed by atoms with van der Waals surface area (Å²) in [5.74, 6) is 1.97. The average molecular weight is 564 g/mol. The molecule has 7 nitrogen and oxygen atoms in total. The van der Waals surface area contributed by atoms with Crippen LogP contribution in [-0.4, -0.2) is 34.3 Å². The van der Waals surface area contributed by atoms with Crippen molar-refractivity contribution in [2.75, 3.05) is 13.2 Å². The summed E-state index contributed by atoms with van der Waals surface area (Å²) in [6, 6.07) is 13.0. The normalized spacial score (nSPS) is 14.3. The maximum atomic E-state index is 14.5. The number of hydrogen-bond donors (Lipinski definition) is 3. The van der Waals surface area contributed by atoms with Gasteiger partial charge in [-0.15, -0.1) is 24.0 Å². The first kappa shape index (κ1) is 24.9. The number of halogens is 2. The Hall–Kier alpha value is -2.69. The maximum absolute atomic E-state index is 14.5. The number of aliphatic imine (C=N–C) groups is 1. The van der Waals surface area contributed by atoms with Crippen molar-refractivity contribution in [3.63, 3.8) is 0 Å². The Kier molecular flexibility index (Phi) is 9.04.